The quantitative estimate of drug-likeness (QED) is 0.614. The van der Waals surface area contributed by atoms with E-state index < -0.39 is 6.10 Å². The molecule has 0 saturated carbocycles. The van der Waals surface area contributed by atoms with Gasteiger partial charge in [-0.25, -0.2) is 4.98 Å². The summed E-state index contributed by atoms with van der Waals surface area (Å²) in [5.41, 5.74) is 0.531. The van der Waals surface area contributed by atoms with E-state index in [4.69, 9.17) is 18.9 Å². The summed E-state index contributed by atoms with van der Waals surface area (Å²) in [6, 6.07) is 17.7. The summed E-state index contributed by atoms with van der Waals surface area (Å²) in [6.07, 6.45) is 0.813. The number of nitrogens with one attached hydrogen (secondary N) is 1. The van der Waals surface area contributed by atoms with E-state index in [1.54, 1.807) is 69.7 Å². The average molecular weight is 394 g/mol. The molecule has 3 rings (SSSR count). The highest BCUT2D eigenvalue weighted by Gasteiger charge is 2.15. The number of ether oxygens (including phenoxy) is 4. The van der Waals surface area contributed by atoms with Gasteiger partial charge in [-0.1, -0.05) is 18.2 Å². The van der Waals surface area contributed by atoms with E-state index in [-0.39, 0.29) is 5.91 Å². The summed E-state index contributed by atoms with van der Waals surface area (Å²) < 4.78 is 21.8. The maximum absolute atomic E-state index is 12.4. The van der Waals surface area contributed by atoms with Gasteiger partial charge in [-0.2, -0.15) is 0 Å². The van der Waals surface area contributed by atoms with Crippen LogP contribution in [0, 0.1) is 0 Å². The van der Waals surface area contributed by atoms with Crippen LogP contribution in [0.3, 0.4) is 0 Å². The topological polar surface area (TPSA) is 78.9 Å². The van der Waals surface area contributed by atoms with E-state index in [1.807, 2.05) is 12.1 Å². The Morgan fingerprint density at radius 2 is 1.69 bits per heavy atom. The minimum atomic E-state index is -0.702. The molecule has 1 atom stereocenters. The Labute approximate surface area is 169 Å². The van der Waals surface area contributed by atoms with E-state index in [1.165, 1.54) is 6.20 Å². The number of nitrogens with zero attached hydrogens (tertiary/aromatic N) is 1. The molecule has 1 unspecified atom stereocenters. The van der Waals surface area contributed by atoms with Crippen LogP contribution in [0.1, 0.15) is 6.92 Å². The molecule has 1 heterocycles. The highest BCUT2D eigenvalue weighted by molar-refractivity contribution is 5.94. The molecule has 2 aromatic carbocycles. The molecule has 0 spiro atoms. The number of amides is 1. The van der Waals surface area contributed by atoms with Crippen LogP contribution in [0.5, 0.6) is 28.9 Å². The Balaban J connectivity index is 1.59. The lowest BCUT2D eigenvalue weighted by Crippen LogP contribution is -2.30. The molecule has 150 valence electrons. The molecule has 0 saturated heterocycles. The van der Waals surface area contributed by atoms with Gasteiger partial charge in [0.25, 0.3) is 5.91 Å². The number of methoxy groups -OCH3 is 2. The van der Waals surface area contributed by atoms with Crippen LogP contribution >= 0.6 is 0 Å². The molecule has 0 bridgehead atoms. The highest BCUT2D eigenvalue weighted by Crippen LogP contribution is 2.30. The van der Waals surface area contributed by atoms with E-state index in [0.29, 0.717) is 34.6 Å². The molecule has 1 aromatic heterocycles. The number of anilines is 1. The molecular formula is C22H22N2O5. The molecule has 0 aliphatic carbocycles. The Hall–Kier alpha value is -3.74. The predicted octanol–water partition coefficient (Wildman–Crippen LogP) is 4.30. The number of aromatic nitrogens is 1. The van der Waals surface area contributed by atoms with Crippen molar-refractivity contribution in [2.45, 2.75) is 13.0 Å². The van der Waals surface area contributed by atoms with Crippen molar-refractivity contribution in [1.82, 2.24) is 4.98 Å². The Kier molecular flexibility index (Phi) is 6.52. The van der Waals surface area contributed by atoms with Gasteiger partial charge >= 0.3 is 0 Å². The SMILES string of the molecule is COc1cccc(OC(C)C(=O)Nc2ccc(Oc3ccccc3OC)nc2)c1. The van der Waals surface area contributed by atoms with E-state index >= 15 is 0 Å². The second-order valence-corrected chi connectivity index (χ2v) is 6.07. The second kappa shape index (κ2) is 9.45. The summed E-state index contributed by atoms with van der Waals surface area (Å²) >= 11 is 0. The van der Waals surface area contributed by atoms with Gasteiger partial charge in [-0.3, -0.25) is 4.79 Å². The summed E-state index contributed by atoms with van der Waals surface area (Å²) in [6.45, 7) is 1.67. The van der Waals surface area contributed by atoms with Crippen molar-refractivity contribution in [3.8, 4) is 28.9 Å². The molecule has 0 radical (unpaired) electrons. The van der Waals surface area contributed by atoms with Gasteiger partial charge < -0.3 is 24.3 Å². The number of rotatable bonds is 8. The minimum Gasteiger partial charge on any atom is -0.497 e. The van der Waals surface area contributed by atoms with Crippen molar-refractivity contribution in [2.75, 3.05) is 19.5 Å². The molecule has 0 aliphatic heterocycles. The summed E-state index contributed by atoms with van der Waals surface area (Å²) in [5, 5.41) is 2.77. The zero-order valence-electron chi connectivity index (χ0n) is 16.4. The summed E-state index contributed by atoms with van der Waals surface area (Å²) in [7, 11) is 3.15. The fourth-order valence-corrected chi connectivity index (χ4v) is 2.51. The van der Waals surface area contributed by atoms with Crippen molar-refractivity contribution in [1.29, 1.82) is 0 Å². The van der Waals surface area contributed by atoms with Crippen molar-refractivity contribution in [2.24, 2.45) is 0 Å². The van der Waals surface area contributed by atoms with Gasteiger partial charge in [0, 0.05) is 12.1 Å². The number of para-hydroxylation sites is 2. The Bertz CT molecular complexity index is 959. The third-order valence-corrected chi connectivity index (χ3v) is 4.01. The molecule has 7 nitrogen and oxygen atoms in total. The summed E-state index contributed by atoms with van der Waals surface area (Å²) in [4.78, 5) is 16.6. The van der Waals surface area contributed by atoms with Crippen LogP contribution in [0.4, 0.5) is 5.69 Å². The number of hydrogen-bond donors (Lipinski definition) is 1. The Morgan fingerprint density at radius 3 is 2.38 bits per heavy atom. The largest absolute Gasteiger partial charge is 0.497 e. The Morgan fingerprint density at radius 1 is 0.931 bits per heavy atom. The molecule has 1 amide bonds. The van der Waals surface area contributed by atoms with Crippen LogP contribution in [-0.4, -0.2) is 31.2 Å². The van der Waals surface area contributed by atoms with Crippen LogP contribution in [0.15, 0.2) is 66.9 Å². The lowest BCUT2D eigenvalue weighted by Gasteiger charge is -2.15. The van der Waals surface area contributed by atoms with Crippen molar-refractivity contribution in [3.63, 3.8) is 0 Å². The molecular weight excluding hydrogens is 372 g/mol. The van der Waals surface area contributed by atoms with Gasteiger partial charge in [0.1, 0.15) is 11.5 Å². The number of pyridine rings is 1. The molecule has 3 aromatic rings. The number of benzene rings is 2. The van der Waals surface area contributed by atoms with E-state index in [9.17, 15) is 4.79 Å². The van der Waals surface area contributed by atoms with Crippen LogP contribution in [0.25, 0.3) is 0 Å². The lowest BCUT2D eigenvalue weighted by molar-refractivity contribution is -0.122. The van der Waals surface area contributed by atoms with Gasteiger partial charge in [-0.05, 0) is 37.3 Å². The first kappa shape index (κ1) is 20.0. The minimum absolute atomic E-state index is 0.298. The number of carbonyl (C=O) groups excluding carboxylic acids is 1. The van der Waals surface area contributed by atoms with Crippen LogP contribution in [0.2, 0.25) is 0 Å². The maximum Gasteiger partial charge on any atom is 0.265 e. The molecule has 0 aliphatic rings. The summed E-state index contributed by atoms with van der Waals surface area (Å²) in [5.74, 6) is 2.45. The molecule has 0 fully saturated rings. The van der Waals surface area contributed by atoms with Gasteiger partial charge in [0.05, 0.1) is 26.1 Å². The fourth-order valence-electron chi connectivity index (χ4n) is 2.51. The zero-order chi connectivity index (χ0) is 20.6. The van der Waals surface area contributed by atoms with E-state index in [0.717, 1.165) is 0 Å². The first-order valence-corrected chi connectivity index (χ1v) is 8.97. The average Bonchev–Trinajstić information content (AvgIpc) is 2.75. The third kappa shape index (κ3) is 5.38. The predicted molar refractivity (Wildman–Crippen MR) is 109 cm³/mol. The first-order chi connectivity index (χ1) is 14.1. The lowest BCUT2D eigenvalue weighted by atomic mass is 10.3. The number of carbonyl (C=O) groups is 1. The van der Waals surface area contributed by atoms with Gasteiger partial charge in [0.15, 0.2) is 17.6 Å². The smallest absolute Gasteiger partial charge is 0.265 e. The van der Waals surface area contributed by atoms with Crippen molar-refractivity contribution in [3.05, 3.63) is 66.9 Å². The fraction of sp³-hybridized carbons (Fsp3) is 0.182. The second-order valence-electron chi connectivity index (χ2n) is 6.07. The first-order valence-electron chi connectivity index (χ1n) is 8.97. The zero-order valence-corrected chi connectivity index (χ0v) is 16.4. The normalized spacial score (nSPS) is 11.3. The molecule has 7 heteroatoms. The monoisotopic (exact) mass is 394 g/mol. The van der Waals surface area contributed by atoms with Gasteiger partial charge in [0.2, 0.25) is 5.88 Å². The van der Waals surface area contributed by atoms with Crippen LogP contribution < -0.4 is 24.3 Å². The van der Waals surface area contributed by atoms with E-state index in [2.05, 4.69) is 10.3 Å². The standard InChI is InChI=1S/C22H22N2O5/c1-15(28-18-8-6-7-17(13-18)26-2)22(25)24-16-11-12-21(23-14-16)29-20-10-5-4-9-19(20)27-3/h4-15H,1-3H3,(H,24,25). The molecule has 1 N–H and O–H groups in total. The van der Waals surface area contributed by atoms with Crippen LogP contribution in [-0.2, 0) is 4.79 Å². The number of hydrogen-bond acceptors (Lipinski definition) is 6. The molecule has 29 heavy (non-hydrogen) atoms. The van der Waals surface area contributed by atoms with Crippen molar-refractivity contribution >= 4 is 11.6 Å². The maximum atomic E-state index is 12.4. The highest BCUT2D eigenvalue weighted by atomic mass is 16.5. The third-order valence-electron chi connectivity index (χ3n) is 4.01. The van der Waals surface area contributed by atoms with Gasteiger partial charge in [-0.15, -0.1) is 0 Å². The van der Waals surface area contributed by atoms with Crippen molar-refractivity contribution < 1.29 is 23.7 Å².